The summed E-state index contributed by atoms with van der Waals surface area (Å²) in [6.07, 6.45) is 8.26. The zero-order valence-electron chi connectivity index (χ0n) is 18.3. The fraction of sp³-hybridized carbons (Fsp3) is 0.565. The molecule has 2 N–H and O–H groups in total. The van der Waals surface area contributed by atoms with E-state index >= 15 is 0 Å². The van der Waals surface area contributed by atoms with Gasteiger partial charge in [-0.3, -0.25) is 14.4 Å². The number of aromatic nitrogens is 2. The van der Waals surface area contributed by atoms with Crippen LogP contribution in [-0.2, 0) is 17.8 Å². The lowest BCUT2D eigenvalue weighted by atomic mass is 9.93. The summed E-state index contributed by atoms with van der Waals surface area (Å²) in [5.74, 6) is -0.729. The molecule has 170 valence electrons. The summed E-state index contributed by atoms with van der Waals surface area (Å²) in [7, 11) is 0. The molecule has 3 heterocycles. The van der Waals surface area contributed by atoms with E-state index in [1.54, 1.807) is 20.8 Å². The molecule has 2 fully saturated rings. The van der Waals surface area contributed by atoms with Gasteiger partial charge in [0.05, 0.1) is 12.9 Å². The van der Waals surface area contributed by atoms with Crippen molar-refractivity contribution in [1.82, 2.24) is 25.1 Å². The Bertz CT molecular complexity index is 1020. The third-order valence-electron chi connectivity index (χ3n) is 6.81. The van der Waals surface area contributed by atoms with E-state index in [-0.39, 0.29) is 41.2 Å². The van der Waals surface area contributed by atoms with E-state index in [4.69, 9.17) is 0 Å². The van der Waals surface area contributed by atoms with Gasteiger partial charge in [0.15, 0.2) is 5.69 Å². The summed E-state index contributed by atoms with van der Waals surface area (Å²) in [6, 6.07) is 4.24. The van der Waals surface area contributed by atoms with Crippen molar-refractivity contribution in [3.05, 3.63) is 40.1 Å². The summed E-state index contributed by atoms with van der Waals surface area (Å²) in [4.78, 5) is 47.0. The Hall–Kier alpha value is -2.68. The second-order valence-corrected chi connectivity index (χ2v) is 10.3. The molecule has 8 nitrogen and oxygen atoms in total. The van der Waals surface area contributed by atoms with Crippen LogP contribution in [0.5, 0.6) is 0 Å². The SMILES string of the molecule is CC1(C(=O)NC2CCCC2)Cn2cnc(C(=O)NCCc3cccs3)c2C(=O)N1C1CC1. The van der Waals surface area contributed by atoms with Crippen molar-refractivity contribution in [2.24, 2.45) is 0 Å². The molecule has 9 heteroatoms. The highest BCUT2D eigenvalue weighted by Gasteiger charge is 2.54. The first-order chi connectivity index (χ1) is 15.5. The number of fused-ring (bicyclic) bond motifs is 1. The minimum absolute atomic E-state index is 0.0419. The number of amides is 3. The maximum absolute atomic E-state index is 13.6. The normalized spacial score (nSPS) is 23.3. The molecular weight excluding hydrogens is 426 g/mol. The van der Waals surface area contributed by atoms with Crippen molar-refractivity contribution in [2.45, 2.75) is 76.0 Å². The number of carbonyl (C=O) groups excluding carboxylic acids is 3. The van der Waals surface area contributed by atoms with Crippen molar-refractivity contribution in [3.8, 4) is 0 Å². The highest BCUT2D eigenvalue weighted by atomic mass is 32.1. The monoisotopic (exact) mass is 455 g/mol. The Morgan fingerprint density at radius 1 is 1.25 bits per heavy atom. The highest BCUT2D eigenvalue weighted by Crippen LogP contribution is 2.39. The summed E-state index contributed by atoms with van der Waals surface area (Å²) in [5.41, 5.74) is -0.552. The van der Waals surface area contributed by atoms with E-state index in [0.29, 0.717) is 13.1 Å². The van der Waals surface area contributed by atoms with Crippen LogP contribution in [0.4, 0.5) is 0 Å². The Morgan fingerprint density at radius 3 is 2.72 bits per heavy atom. The van der Waals surface area contributed by atoms with Gasteiger partial charge in [-0.1, -0.05) is 18.9 Å². The standard InChI is InChI=1S/C23H29N5O3S/c1-23(22(31)26-15-5-2-3-6-15)13-27-14-25-18(19(27)21(30)28(23)16-8-9-16)20(29)24-11-10-17-7-4-12-32-17/h4,7,12,14-16H,2-3,5-6,8-11,13H2,1H3,(H,24,29)(H,26,31). The lowest BCUT2D eigenvalue weighted by Gasteiger charge is -2.44. The molecule has 2 saturated carbocycles. The van der Waals surface area contributed by atoms with Gasteiger partial charge in [-0.05, 0) is 50.5 Å². The van der Waals surface area contributed by atoms with Crippen molar-refractivity contribution in [3.63, 3.8) is 0 Å². The summed E-state index contributed by atoms with van der Waals surface area (Å²) in [5, 5.41) is 8.07. The quantitative estimate of drug-likeness (QED) is 0.670. The van der Waals surface area contributed by atoms with Gasteiger partial charge in [0, 0.05) is 23.5 Å². The molecule has 0 aromatic carbocycles. The second-order valence-electron chi connectivity index (χ2n) is 9.29. The number of thiophene rings is 1. The third kappa shape index (κ3) is 3.83. The molecule has 1 atom stereocenters. The Labute approximate surface area is 191 Å². The van der Waals surface area contributed by atoms with Crippen molar-refractivity contribution < 1.29 is 14.4 Å². The van der Waals surface area contributed by atoms with Crippen molar-refractivity contribution in [1.29, 1.82) is 0 Å². The Morgan fingerprint density at radius 2 is 2.03 bits per heavy atom. The fourth-order valence-corrected chi connectivity index (χ4v) is 5.68. The highest BCUT2D eigenvalue weighted by molar-refractivity contribution is 7.09. The van der Waals surface area contributed by atoms with E-state index in [1.165, 1.54) is 11.2 Å². The number of nitrogens with one attached hydrogen (secondary N) is 2. The Kier molecular flexibility index (Phi) is 5.53. The van der Waals surface area contributed by atoms with Crippen LogP contribution in [0.2, 0.25) is 0 Å². The van der Waals surface area contributed by atoms with Gasteiger partial charge in [0.2, 0.25) is 5.91 Å². The minimum atomic E-state index is -0.985. The number of rotatable bonds is 7. The van der Waals surface area contributed by atoms with Crippen LogP contribution < -0.4 is 10.6 Å². The lowest BCUT2D eigenvalue weighted by Crippen LogP contribution is -2.65. The second kappa shape index (κ2) is 8.35. The molecule has 5 rings (SSSR count). The molecule has 2 aromatic rings. The lowest BCUT2D eigenvalue weighted by molar-refractivity contribution is -0.134. The first-order valence-electron chi connectivity index (χ1n) is 11.5. The average molecular weight is 456 g/mol. The van der Waals surface area contributed by atoms with Gasteiger partial charge in [0.25, 0.3) is 11.8 Å². The van der Waals surface area contributed by atoms with Gasteiger partial charge >= 0.3 is 0 Å². The molecule has 32 heavy (non-hydrogen) atoms. The predicted molar refractivity (Wildman–Crippen MR) is 121 cm³/mol. The zero-order chi connectivity index (χ0) is 22.3. The first kappa shape index (κ1) is 21.2. The van der Waals surface area contributed by atoms with E-state index in [2.05, 4.69) is 15.6 Å². The fourth-order valence-electron chi connectivity index (χ4n) is 4.97. The van der Waals surface area contributed by atoms with E-state index in [1.807, 2.05) is 24.4 Å². The van der Waals surface area contributed by atoms with Gasteiger partial charge in [-0.2, -0.15) is 0 Å². The number of hydrogen-bond donors (Lipinski definition) is 2. The van der Waals surface area contributed by atoms with Crippen LogP contribution in [0.25, 0.3) is 0 Å². The van der Waals surface area contributed by atoms with Crippen molar-refractivity contribution >= 4 is 29.1 Å². The van der Waals surface area contributed by atoms with Crippen LogP contribution in [0.3, 0.4) is 0 Å². The minimum Gasteiger partial charge on any atom is -0.351 e. The summed E-state index contributed by atoms with van der Waals surface area (Å²) in [6.45, 7) is 2.63. The molecule has 1 aliphatic heterocycles. The maximum atomic E-state index is 13.6. The number of nitrogens with zero attached hydrogens (tertiary/aromatic N) is 3. The number of carbonyl (C=O) groups is 3. The topological polar surface area (TPSA) is 96.3 Å². The van der Waals surface area contributed by atoms with Crippen LogP contribution in [-0.4, -0.2) is 56.3 Å². The number of imidazole rings is 1. The van der Waals surface area contributed by atoms with E-state index in [0.717, 1.165) is 44.9 Å². The zero-order valence-corrected chi connectivity index (χ0v) is 19.1. The van der Waals surface area contributed by atoms with Gasteiger partial charge in [0.1, 0.15) is 11.2 Å². The van der Waals surface area contributed by atoms with Crippen LogP contribution in [0.1, 0.15) is 71.3 Å². The molecule has 0 spiro atoms. The molecule has 2 aromatic heterocycles. The molecule has 0 radical (unpaired) electrons. The first-order valence-corrected chi connectivity index (χ1v) is 12.4. The largest absolute Gasteiger partial charge is 0.351 e. The predicted octanol–water partition coefficient (Wildman–Crippen LogP) is 2.35. The smallest absolute Gasteiger partial charge is 0.274 e. The molecule has 2 aliphatic carbocycles. The Balaban J connectivity index is 1.35. The van der Waals surface area contributed by atoms with Gasteiger partial charge < -0.3 is 20.1 Å². The van der Waals surface area contributed by atoms with Crippen LogP contribution in [0.15, 0.2) is 23.8 Å². The maximum Gasteiger partial charge on any atom is 0.274 e. The summed E-state index contributed by atoms with van der Waals surface area (Å²) >= 11 is 1.65. The average Bonchev–Trinajstić information content (AvgIpc) is 3.16. The molecule has 0 saturated heterocycles. The van der Waals surface area contributed by atoms with E-state index in [9.17, 15) is 14.4 Å². The molecule has 0 bridgehead atoms. The molecule has 1 unspecified atom stereocenters. The third-order valence-corrected chi connectivity index (χ3v) is 7.75. The van der Waals surface area contributed by atoms with Crippen molar-refractivity contribution in [2.75, 3.05) is 6.54 Å². The van der Waals surface area contributed by atoms with Gasteiger partial charge in [-0.15, -0.1) is 11.3 Å². The molecule has 3 aliphatic rings. The summed E-state index contributed by atoms with van der Waals surface area (Å²) < 4.78 is 1.68. The van der Waals surface area contributed by atoms with Gasteiger partial charge in [-0.25, -0.2) is 4.98 Å². The molecule has 3 amide bonds. The number of hydrogen-bond acceptors (Lipinski definition) is 5. The molecular formula is C23H29N5O3S. The van der Waals surface area contributed by atoms with Crippen LogP contribution >= 0.6 is 11.3 Å². The van der Waals surface area contributed by atoms with Crippen LogP contribution in [0, 0.1) is 0 Å². The van der Waals surface area contributed by atoms with E-state index < -0.39 is 5.54 Å².